The van der Waals surface area contributed by atoms with Crippen molar-refractivity contribution in [1.29, 1.82) is 0 Å². The van der Waals surface area contributed by atoms with Gasteiger partial charge >= 0.3 is 0 Å². The highest BCUT2D eigenvalue weighted by atomic mass is 16.2. The van der Waals surface area contributed by atoms with Gasteiger partial charge in [-0.15, -0.1) is 0 Å². The van der Waals surface area contributed by atoms with Crippen LogP contribution in [0.15, 0.2) is 0 Å². The van der Waals surface area contributed by atoms with Gasteiger partial charge in [0.05, 0.1) is 0 Å². The van der Waals surface area contributed by atoms with Crippen LogP contribution in [0.5, 0.6) is 0 Å². The fourth-order valence-corrected chi connectivity index (χ4v) is 3.74. The Morgan fingerprint density at radius 2 is 1.68 bits per heavy atom. The second-order valence-electron chi connectivity index (χ2n) is 6.94. The van der Waals surface area contributed by atoms with Crippen LogP contribution < -0.4 is 5.32 Å². The van der Waals surface area contributed by atoms with E-state index in [2.05, 4.69) is 29.0 Å². The lowest BCUT2D eigenvalue weighted by atomic mass is 10.2. The van der Waals surface area contributed by atoms with Crippen molar-refractivity contribution in [3.63, 3.8) is 0 Å². The third-order valence-electron chi connectivity index (χ3n) is 5.35. The van der Waals surface area contributed by atoms with E-state index >= 15 is 0 Å². The number of piperazine rings is 1. The molecule has 2 aliphatic rings. The number of likely N-dealkylation sites (tertiary alicyclic amines) is 1. The number of amides is 1. The van der Waals surface area contributed by atoms with Crippen molar-refractivity contribution < 1.29 is 4.79 Å². The molecule has 0 aromatic carbocycles. The molecular formula is C17H34N4O. The van der Waals surface area contributed by atoms with Crippen LogP contribution in [0.1, 0.15) is 39.5 Å². The molecule has 0 aliphatic carbocycles. The Morgan fingerprint density at radius 3 is 2.27 bits per heavy atom. The van der Waals surface area contributed by atoms with Crippen molar-refractivity contribution in [2.45, 2.75) is 51.6 Å². The van der Waals surface area contributed by atoms with Gasteiger partial charge in [0.15, 0.2) is 0 Å². The number of nitrogens with one attached hydrogen (secondary N) is 1. The summed E-state index contributed by atoms with van der Waals surface area (Å²) in [5.74, 6) is 0.330. The highest BCUT2D eigenvalue weighted by molar-refractivity contribution is 5.76. The summed E-state index contributed by atoms with van der Waals surface area (Å²) in [6.45, 7) is 11.8. The van der Waals surface area contributed by atoms with Crippen LogP contribution in [0.25, 0.3) is 0 Å². The average Bonchev–Trinajstić information content (AvgIpc) is 2.84. The van der Waals surface area contributed by atoms with Crippen LogP contribution in [0.4, 0.5) is 0 Å². The first-order chi connectivity index (χ1) is 10.6. The van der Waals surface area contributed by atoms with Gasteiger partial charge in [0, 0.05) is 57.8 Å². The van der Waals surface area contributed by atoms with Gasteiger partial charge in [-0.3, -0.25) is 14.6 Å². The summed E-state index contributed by atoms with van der Waals surface area (Å²) in [7, 11) is 1.94. The number of hydrogen-bond acceptors (Lipinski definition) is 4. The lowest BCUT2D eigenvalue weighted by Crippen LogP contribution is -2.50. The topological polar surface area (TPSA) is 38.8 Å². The van der Waals surface area contributed by atoms with E-state index in [-0.39, 0.29) is 0 Å². The van der Waals surface area contributed by atoms with E-state index in [4.69, 9.17) is 0 Å². The van der Waals surface area contributed by atoms with Gasteiger partial charge in [-0.2, -0.15) is 0 Å². The molecule has 1 N–H and O–H groups in total. The van der Waals surface area contributed by atoms with Gasteiger partial charge in [0.1, 0.15) is 0 Å². The van der Waals surface area contributed by atoms with Crippen molar-refractivity contribution in [1.82, 2.24) is 20.0 Å². The number of rotatable bonds is 7. The molecule has 2 saturated heterocycles. The van der Waals surface area contributed by atoms with E-state index in [1.165, 1.54) is 19.4 Å². The van der Waals surface area contributed by atoms with Gasteiger partial charge < -0.3 is 10.2 Å². The van der Waals surface area contributed by atoms with E-state index in [1.54, 1.807) is 0 Å². The number of hydrogen-bond donors (Lipinski definition) is 1. The molecular weight excluding hydrogens is 276 g/mol. The van der Waals surface area contributed by atoms with Crippen LogP contribution in [-0.4, -0.2) is 85.6 Å². The van der Waals surface area contributed by atoms with Crippen molar-refractivity contribution in [3.05, 3.63) is 0 Å². The summed E-state index contributed by atoms with van der Waals surface area (Å²) in [5.41, 5.74) is 0. The fourth-order valence-electron chi connectivity index (χ4n) is 3.74. The monoisotopic (exact) mass is 310 g/mol. The molecule has 0 saturated carbocycles. The predicted octanol–water partition coefficient (Wildman–Crippen LogP) is 1.00. The maximum absolute atomic E-state index is 12.1. The molecule has 0 unspecified atom stereocenters. The Hall–Kier alpha value is -0.650. The van der Waals surface area contributed by atoms with Crippen LogP contribution in [0.2, 0.25) is 0 Å². The SMILES string of the molecule is CNCCCC(=O)N1CCN(CCN2[C@H](C)CC[C@H]2C)CC1. The van der Waals surface area contributed by atoms with Crippen molar-refractivity contribution in [2.75, 3.05) is 52.9 Å². The predicted molar refractivity (Wildman–Crippen MR) is 91.0 cm³/mol. The first-order valence-electron chi connectivity index (χ1n) is 9.02. The number of carbonyl (C=O) groups excluding carboxylic acids is 1. The Morgan fingerprint density at radius 1 is 1.05 bits per heavy atom. The van der Waals surface area contributed by atoms with Crippen molar-refractivity contribution >= 4 is 5.91 Å². The summed E-state index contributed by atoms with van der Waals surface area (Å²) in [6.07, 6.45) is 4.32. The van der Waals surface area contributed by atoms with Crippen LogP contribution in [0.3, 0.4) is 0 Å². The minimum atomic E-state index is 0.330. The fraction of sp³-hybridized carbons (Fsp3) is 0.941. The van der Waals surface area contributed by atoms with E-state index in [9.17, 15) is 4.79 Å². The normalized spacial score (nSPS) is 27.5. The Kier molecular flexibility index (Phi) is 7.12. The number of carbonyl (C=O) groups is 1. The van der Waals surface area contributed by atoms with Gasteiger partial charge in [-0.25, -0.2) is 0 Å². The molecule has 0 radical (unpaired) electrons. The highest BCUT2D eigenvalue weighted by Crippen LogP contribution is 2.22. The molecule has 2 fully saturated rings. The highest BCUT2D eigenvalue weighted by Gasteiger charge is 2.28. The first kappa shape index (κ1) is 17.7. The van der Waals surface area contributed by atoms with Gasteiger partial charge in [-0.05, 0) is 46.7 Å². The van der Waals surface area contributed by atoms with Crippen LogP contribution >= 0.6 is 0 Å². The Balaban J connectivity index is 1.63. The molecule has 0 bridgehead atoms. The molecule has 0 aromatic rings. The van der Waals surface area contributed by atoms with E-state index in [0.717, 1.165) is 57.8 Å². The van der Waals surface area contributed by atoms with Gasteiger partial charge in [-0.1, -0.05) is 0 Å². The summed E-state index contributed by atoms with van der Waals surface area (Å²) in [5, 5.41) is 3.10. The molecule has 0 aromatic heterocycles. The smallest absolute Gasteiger partial charge is 0.222 e. The van der Waals surface area contributed by atoms with Crippen molar-refractivity contribution in [3.8, 4) is 0 Å². The maximum Gasteiger partial charge on any atom is 0.222 e. The van der Waals surface area contributed by atoms with E-state index in [0.29, 0.717) is 12.3 Å². The van der Waals surface area contributed by atoms with Gasteiger partial charge in [0.2, 0.25) is 5.91 Å². The zero-order chi connectivity index (χ0) is 15.9. The van der Waals surface area contributed by atoms with Gasteiger partial charge in [0.25, 0.3) is 0 Å². The molecule has 2 aliphatic heterocycles. The lowest BCUT2D eigenvalue weighted by Gasteiger charge is -2.36. The Bertz CT molecular complexity index is 332. The lowest BCUT2D eigenvalue weighted by molar-refractivity contribution is -0.133. The van der Waals surface area contributed by atoms with Crippen molar-refractivity contribution in [2.24, 2.45) is 0 Å². The zero-order valence-electron chi connectivity index (χ0n) is 14.7. The molecule has 128 valence electrons. The zero-order valence-corrected chi connectivity index (χ0v) is 14.7. The number of nitrogens with zero attached hydrogens (tertiary/aromatic N) is 3. The standard InChI is InChI=1S/C17H34N4O/c1-15-6-7-16(2)21(15)14-11-19-9-12-20(13-10-19)17(22)5-4-8-18-3/h15-16,18H,4-14H2,1-3H3/t15-,16-/m1/s1. The summed E-state index contributed by atoms with van der Waals surface area (Å²) >= 11 is 0. The molecule has 1 amide bonds. The summed E-state index contributed by atoms with van der Waals surface area (Å²) < 4.78 is 0. The molecule has 5 nitrogen and oxygen atoms in total. The maximum atomic E-state index is 12.1. The van der Waals surface area contributed by atoms with Crippen LogP contribution in [0, 0.1) is 0 Å². The average molecular weight is 310 g/mol. The quantitative estimate of drug-likeness (QED) is 0.712. The molecule has 2 heterocycles. The third kappa shape index (κ3) is 4.93. The molecule has 22 heavy (non-hydrogen) atoms. The second-order valence-corrected chi connectivity index (χ2v) is 6.94. The van der Waals surface area contributed by atoms with Crippen LogP contribution in [-0.2, 0) is 4.79 Å². The molecule has 2 rings (SSSR count). The van der Waals surface area contributed by atoms with E-state index < -0.39 is 0 Å². The second kappa shape index (κ2) is 8.85. The Labute approximate surface area is 136 Å². The van der Waals surface area contributed by atoms with E-state index in [1.807, 2.05) is 11.9 Å². The molecule has 2 atom stereocenters. The summed E-state index contributed by atoms with van der Waals surface area (Å²) in [6, 6.07) is 1.48. The molecule has 0 spiro atoms. The summed E-state index contributed by atoms with van der Waals surface area (Å²) in [4.78, 5) is 19.3. The third-order valence-corrected chi connectivity index (χ3v) is 5.35. The first-order valence-corrected chi connectivity index (χ1v) is 9.02. The molecule has 5 heteroatoms. The minimum absolute atomic E-state index is 0.330. The minimum Gasteiger partial charge on any atom is -0.340 e. The largest absolute Gasteiger partial charge is 0.340 e.